The Bertz CT molecular complexity index is 934. The molecule has 0 aliphatic carbocycles. The van der Waals surface area contributed by atoms with Crippen molar-refractivity contribution in [2.24, 2.45) is 0 Å². The van der Waals surface area contributed by atoms with E-state index in [9.17, 15) is 18.4 Å². The van der Waals surface area contributed by atoms with Gasteiger partial charge in [0.1, 0.15) is 17.3 Å². The zero-order chi connectivity index (χ0) is 19.1. The normalized spacial score (nSPS) is 18.8. The van der Waals surface area contributed by atoms with Crippen molar-refractivity contribution in [2.75, 3.05) is 38.1 Å². The SMILES string of the molecule is CN1CCN(C2=C(c3cccs3)C(=O)N(c3cc(F)ccc3F)C2=O)CC1. The molecule has 0 atom stereocenters. The van der Waals surface area contributed by atoms with Gasteiger partial charge >= 0.3 is 0 Å². The molecule has 140 valence electrons. The van der Waals surface area contributed by atoms with Crippen LogP contribution in [0.1, 0.15) is 4.88 Å². The Morgan fingerprint density at radius 1 is 1.00 bits per heavy atom. The van der Waals surface area contributed by atoms with E-state index in [2.05, 4.69) is 4.90 Å². The van der Waals surface area contributed by atoms with E-state index in [-0.39, 0.29) is 17.0 Å². The fraction of sp³-hybridized carbons (Fsp3) is 0.263. The van der Waals surface area contributed by atoms with Crippen LogP contribution in [0.2, 0.25) is 0 Å². The number of halogens is 2. The highest BCUT2D eigenvalue weighted by atomic mass is 32.1. The first-order valence-corrected chi connectivity index (χ1v) is 9.41. The predicted octanol–water partition coefficient (Wildman–Crippen LogP) is 2.56. The molecule has 8 heteroatoms. The van der Waals surface area contributed by atoms with Gasteiger partial charge in [-0.3, -0.25) is 9.59 Å². The number of rotatable bonds is 3. The highest BCUT2D eigenvalue weighted by molar-refractivity contribution is 7.11. The molecular weight excluding hydrogens is 372 g/mol. The van der Waals surface area contributed by atoms with Crippen molar-refractivity contribution in [1.29, 1.82) is 0 Å². The van der Waals surface area contributed by atoms with Gasteiger partial charge in [0.05, 0.1) is 11.3 Å². The monoisotopic (exact) mass is 389 g/mol. The van der Waals surface area contributed by atoms with E-state index in [1.165, 1.54) is 11.3 Å². The minimum atomic E-state index is -0.816. The number of hydrogen-bond donors (Lipinski definition) is 0. The van der Waals surface area contributed by atoms with E-state index in [1.807, 2.05) is 17.3 Å². The third-order valence-corrected chi connectivity index (χ3v) is 5.68. The lowest BCUT2D eigenvalue weighted by atomic mass is 10.1. The van der Waals surface area contributed by atoms with Crippen molar-refractivity contribution in [2.45, 2.75) is 0 Å². The van der Waals surface area contributed by atoms with Crippen LogP contribution in [0.3, 0.4) is 0 Å². The van der Waals surface area contributed by atoms with Crippen molar-refractivity contribution in [3.8, 4) is 0 Å². The second-order valence-corrected chi connectivity index (χ2v) is 7.48. The maximum Gasteiger partial charge on any atom is 0.282 e. The van der Waals surface area contributed by atoms with Gasteiger partial charge in [-0.1, -0.05) is 6.07 Å². The Kier molecular flexibility index (Phi) is 4.53. The number of amides is 2. The number of piperazine rings is 1. The van der Waals surface area contributed by atoms with E-state index >= 15 is 0 Å². The number of carbonyl (C=O) groups excluding carboxylic acids is 2. The Labute approximate surface area is 159 Å². The summed E-state index contributed by atoms with van der Waals surface area (Å²) < 4.78 is 28.0. The van der Waals surface area contributed by atoms with Gasteiger partial charge in [0.25, 0.3) is 11.8 Å². The summed E-state index contributed by atoms with van der Waals surface area (Å²) in [4.78, 5) is 31.7. The second-order valence-electron chi connectivity index (χ2n) is 6.53. The smallest absolute Gasteiger partial charge is 0.282 e. The zero-order valence-electron chi connectivity index (χ0n) is 14.6. The summed E-state index contributed by atoms with van der Waals surface area (Å²) in [6.07, 6.45) is 0. The molecule has 2 aromatic rings. The molecule has 27 heavy (non-hydrogen) atoms. The van der Waals surface area contributed by atoms with E-state index in [0.29, 0.717) is 18.0 Å². The Hall–Kier alpha value is -2.58. The van der Waals surface area contributed by atoms with Gasteiger partial charge in [-0.15, -0.1) is 11.3 Å². The number of nitrogens with zero attached hydrogens (tertiary/aromatic N) is 3. The lowest BCUT2D eigenvalue weighted by Gasteiger charge is -2.34. The van der Waals surface area contributed by atoms with Crippen molar-refractivity contribution in [3.05, 3.63) is 57.9 Å². The summed E-state index contributed by atoms with van der Waals surface area (Å²) in [5, 5.41) is 1.81. The van der Waals surface area contributed by atoms with E-state index in [4.69, 9.17) is 0 Å². The molecule has 0 saturated carbocycles. The maximum absolute atomic E-state index is 14.3. The van der Waals surface area contributed by atoms with Crippen LogP contribution in [0.4, 0.5) is 14.5 Å². The fourth-order valence-corrected chi connectivity index (χ4v) is 4.12. The first-order valence-electron chi connectivity index (χ1n) is 8.53. The maximum atomic E-state index is 14.3. The number of imide groups is 1. The topological polar surface area (TPSA) is 43.9 Å². The van der Waals surface area contributed by atoms with Crippen LogP contribution in [0.5, 0.6) is 0 Å². The zero-order valence-corrected chi connectivity index (χ0v) is 15.4. The first kappa shape index (κ1) is 17.8. The van der Waals surface area contributed by atoms with Crippen LogP contribution in [0, 0.1) is 11.6 Å². The lowest BCUT2D eigenvalue weighted by molar-refractivity contribution is -0.120. The average Bonchev–Trinajstić information content (AvgIpc) is 3.25. The van der Waals surface area contributed by atoms with Crippen LogP contribution >= 0.6 is 11.3 Å². The Morgan fingerprint density at radius 3 is 2.41 bits per heavy atom. The van der Waals surface area contributed by atoms with Gasteiger partial charge in [-0.25, -0.2) is 13.7 Å². The standard InChI is InChI=1S/C19H17F2N3O2S/c1-22-6-8-23(9-7-22)17-16(15-3-2-10-27-15)18(25)24(19(17)26)14-11-12(20)4-5-13(14)21/h2-5,10-11H,6-9H2,1H3. The van der Waals surface area contributed by atoms with Crippen LogP contribution < -0.4 is 4.90 Å². The predicted molar refractivity (Wildman–Crippen MR) is 99.2 cm³/mol. The summed E-state index contributed by atoms with van der Waals surface area (Å²) in [5.41, 5.74) is 0.158. The molecule has 2 aliphatic heterocycles. The number of anilines is 1. The third kappa shape index (κ3) is 3.04. The van der Waals surface area contributed by atoms with Crippen molar-refractivity contribution >= 4 is 34.4 Å². The molecule has 3 heterocycles. The molecule has 0 N–H and O–H groups in total. The van der Waals surface area contributed by atoms with Crippen LogP contribution in [-0.4, -0.2) is 54.8 Å². The third-order valence-electron chi connectivity index (χ3n) is 4.80. The second kappa shape index (κ2) is 6.86. The van der Waals surface area contributed by atoms with Gasteiger partial charge < -0.3 is 9.80 Å². The molecule has 0 bridgehead atoms. The van der Waals surface area contributed by atoms with Crippen molar-refractivity contribution < 1.29 is 18.4 Å². The molecule has 0 spiro atoms. The molecule has 1 aromatic heterocycles. The van der Waals surface area contributed by atoms with Crippen molar-refractivity contribution in [3.63, 3.8) is 0 Å². The molecule has 2 aliphatic rings. The molecule has 1 saturated heterocycles. The molecule has 1 fully saturated rings. The van der Waals surface area contributed by atoms with Crippen LogP contribution in [0.25, 0.3) is 5.57 Å². The largest absolute Gasteiger partial charge is 0.364 e. The first-order chi connectivity index (χ1) is 13.0. The molecule has 0 radical (unpaired) electrons. The number of thiophene rings is 1. The molecular formula is C19H17F2N3O2S. The minimum absolute atomic E-state index is 0.253. The number of benzene rings is 1. The van der Waals surface area contributed by atoms with Gasteiger partial charge in [0, 0.05) is 37.1 Å². The summed E-state index contributed by atoms with van der Waals surface area (Å²) in [6, 6.07) is 6.30. The molecule has 5 nitrogen and oxygen atoms in total. The lowest BCUT2D eigenvalue weighted by Crippen LogP contribution is -2.46. The summed E-state index contributed by atoms with van der Waals surface area (Å²) in [5.74, 6) is -2.76. The highest BCUT2D eigenvalue weighted by Crippen LogP contribution is 2.37. The van der Waals surface area contributed by atoms with E-state index in [1.54, 1.807) is 12.1 Å². The van der Waals surface area contributed by atoms with Gasteiger partial charge in [0.15, 0.2) is 0 Å². The Balaban J connectivity index is 1.81. The van der Waals surface area contributed by atoms with Gasteiger partial charge in [-0.05, 0) is 30.6 Å². The number of hydrogen-bond acceptors (Lipinski definition) is 5. The van der Waals surface area contributed by atoms with Crippen molar-refractivity contribution in [1.82, 2.24) is 9.80 Å². The molecule has 2 amide bonds. The quantitative estimate of drug-likeness (QED) is 0.757. The average molecular weight is 389 g/mol. The Morgan fingerprint density at radius 2 is 1.74 bits per heavy atom. The summed E-state index contributed by atoms with van der Waals surface area (Å²) in [7, 11) is 1.99. The number of likely N-dealkylation sites (N-methyl/N-ethyl adjacent to an activating group) is 1. The number of carbonyl (C=O) groups is 2. The minimum Gasteiger partial charge on any atom is -0.364 e. The van der Waals surface area contributed by atoms with Crippen LogP contribution in [0.15, 0.2) is 41.4 Å². The molecule has 4 rings (SSSR count). The molecule has 0 unspecified atom stereocenters. The van der Waals surface area contributed by atoms with Gasteiger partial charge in [0.2, 0.25) is 0 Å². The molecule has 1 aromatic carbocycles. The van der Waals surface area contributed by atoms with Crippen LogP contribution in [-0.2, 0) is 9.59 Å². The van der Waals surface area contributed by atoms with E-state index in [0.717, 1.165) is 36.2 Å². The highest BCUT2D eigenvalue weighted by Gasteiger charge is 2.44. The fourth-order valence-electron chi connectivity index (χ4n) is 3.36. The van der Waals surface area contributed by atoms with E-state index < -0.39 is 23.4 Å². The summed E-state index contributed by atoms with van der Waals surface area (Å²) in [6.45, 7) is 2.66. The van der Waals surface area contributed by atoms with Gasteiger partial charge in [-0.2, -0.15) is 0 Å². The summed E-state index contributed by atoms with van der Waals surface area (Å²) >= 11 is 1.34.